The van der Waals surface area contributed by atoms with Crippen LogP contribution in [-0.2, 0) is 27.3 Å². The Kier molecular flexibility index (Phi) is 5.48. The van der Waals surface area contributed by atoms with E-state index in [1.807, 2.05) is 36.4 Å². The first kappa shape index (κ1) is 18.7. The molecule has 4 rings (SSSR count). The number of ether oxygens (including phenoxy) is 1. The molecule has 0 unspecified atom stereocenters. The first-order chi connectivity index (χ1) is 13.7. The highest BCUT2D eigenvalue weighted by atomic mass is 16.5. The van der Waals surface area contributed by atoms with Crippen LogP contribution in [0, 0.1) is 0 Å². The van der Waals surface area contributed by atoms with Crippen molar-refractivity contribution in [2.24, 2.45) is 0 Å². The summed E-state index contributed by atoms with van der Waals surface area (Å²) in [5.41, 5.74) is 0.302. The van der Waals surface area contributed by atoms with Crippen molar-refractivity contribution in [2.45, 2.75) is 56.8 Å². The lowest BCUT2D eigenvalue weighted by atomic mass is 9.89. The van der Waals surface area contributed by atoms with E-state index in [0.717, 1.165) is 37.7 Å². The van der Waals surface area contributed by atoms with Crippen LogP contribution < -0.4 is 5.32 Å². The van der Waals surface area contributed by atoms with E-state index >= 15 is 0 Å². The summed E-state index contributed by atoms with van der Waals surface area (Å²) in [4.78, 5) is 27.9. The van der Waals surface area contributed by atoms with Gasteiger partial charge < -0.3 is 14.5 Å². The summed E-state index contributed by atoms with van der Waals surface area (Å²) < 4.78 is 11.4. The Morgan fingerprint density at radius 3 is 2.57 bits per heavy atom. The molecule has 0 bridgehead atoms. The summed E-state index contributed by atoms with van der Waals surface area (Å²) in [6.45, 7) is 0.542. The number of benzene rings is 1. The van der Waals surface area contributed by atoms with Crippen molar-refractivity contribution in [3.05, 3.63) is 60.1 Å². The predicted molar refractivity (Wildman–Crippen MR) is 103 cm³/mol. The van der Waals surface area contributed by atoms with Crippen molar-refractivity contribution in [2.75, 3.05) is 6.61 Å². The molecule has 1 aromatic carbocycles. The Labute approximate surface area is 164 Å². The van der Waals surface area contributed by atoms with E-state index in [2.05, 4.69) is 5.32 Å². The van der Waals surface area contributed by atoms with E-state index in [1.54, 1.807) is 17.2 Å². The fourth-order valence-corrected chi connectivity index (χ4v) is 4.31. The second kappa shape index (κ2) is 8.19. The van der Waals surface area contributed by atoms with Crippen LogP contribution in [0.3, 0.4) is 0 Å². The molecule has 1 aromatic heterocycles. The maximum atomic E-state index is 13.3. The molecule has 1 saturated carbocycles. The molecule has 148 valence electrons. The maximum Gasteiger partial charge on any atom is 0.245 e. The van der Waals surface area contributed by atoms with Gasteiger partial charge in [0, 0.05) is 0 Å². The summed E-state index contributed by atoms with van der Waals surface area (Å²) in [6.07, 6.45) is 6.58. The third-order valence-electron chi connectivity index (χ3n) is 5.68. The van der Waals surface area contributed by atoms with Gasteiger partial charge in [-0.2, -0.15) is 0 Å². The highest BCUT2D eigenvalue weighted by Gasteiger charge is 2.52. The quantitative estimate of drug-likeness (QED) is 0.863. The van der Waals surface area contributed by atoms with Crippen molar-refractivity contribution < 1.29 is 18.7 Å². The summed E-state index contributed by atoms with van der Waals surface area (Å²) >= 11 is 0. The zero-order valence-electron chi connectivity index (χ0n) is 15.9. The van der Waals surface area contributed by atoms with Gasteiger partial charge in [-0.1, -0.05) is 36.8 Å². The van der Waals surface area contributed by atoms with Crippen LogP contribution in [0.25, 0.3) is 0 Å². The normalized spacial score (nSPS) is 21.0. The van der Waals surface area contributed by atoms with E-state index in [9.17, 15) is 9.59 Å². The van der Waals surface area contributed by atoms with Crippen molar-refractivity contribution >= 4 is 11.8 Å². The van der Waals surface area contributed by atoms with Crippen molar-refractivity contribution in [3.8, 4) is 0 Å². The standard InChI is InChI=1S/C22H26N2O4/c25-20(14-17-8-3-1-4-9-17)24-19(16-28-22(24)11-5-2-6-12-22)21(26)23-15-18-10-7-13-27-18/h1,3-4,7-10,13,19H,2,5-6,11-12,14-16H2,(H,23,26)/t19-/m1/s1. The highest BCUT2D eigenvalue weighted by molar-refractivity contribution is 5.89. The van der Waals surface area contributed by atoms with Crippen molar-refractivity contribution in [1.29, 1.82) is 0 Å². The van der Waals surface area contributed by atoms with Gasteiger partial charge in [0.25, 0.3) is 0 Å². The number of hydrogen-bond acceptors (Lipinski definition) is 4. The SMILES string of the molecule is O=C(NCc1ccco1)[C@H]1COC2(CCCCC2)N1C(=O)Cc1ccccc1. The average Bonchev–Trinajstić information content (AvgIpc) is 3.36. The third kappa shape index (κ3) is 3.83. The third-order valence-corrected chi connectivity index (χ3v) is 5.68. The molecule has 6 heteroatoms. The molecule has 28 heavy (non-hydrogen) atoms. The number of hydrogen-bond donors (Lipinski definition) is 1. The molecule has 1 N–H and O–H groups in total. The Morgan fingerprint density at radius 1 is 1.07 bits per heavy atom. The first-order valence-corrected chi connectivity index (χ1v) is 9.98. The minimum Gasteiger partial charge on any atom is -0.467 e. The smallest absolute Gasteiger partial charge is 0.245 e. The molecule has 0 radical (unpaired) electrons. The van der Waals surface area contributed by atoms with Gasteiger partial charge in [-0.25, -0.2) is 0 Å². The molecule has 6 nitrogen and oxygen atoms in total. The van der Waals surface area contributed by atoms with E-state index in [1.165, 1.54) is 0 Å². The van der Waals surface area contributed by atoms with Crippen LogP contribution in [0.2, 0.25) is 0 Å². The zero-order chi connectivity index (χ0) is 19.4. The molecule has 2 amide bonds. The summed E-state index contributed by atoms with van der Waals surface area (Å²) in [6, 6.07) is 12.6. The summed E-state index contributed by atoms with van der Waals surface area (Å²) in [7, 11) is 0. The van der Waals surface area contributed by atoms with E-state index < -0.39 is 11.8 Å². The topological polar surface area (TPSA) is 71.8 Å². The lowest BCUT2D eigenvalue weighted by Gasteiger charge is -2.41. The van der Waals surface area contributed by atoms with Crippen LogP contribution in [0.4, 0.5) is 0 Å². The fourth-order valence-electron chi connectivity index (χ4n) is 4.31. The van der Waals surface area contributed by atoms with Gasteiger partial charge in [0.15, 0.2) is 0 Å². The fraction of sp³-hybridized carbons (Fsp3) is 0.455. The largest absolute Gasteiger partial charge is 0.467 e. The molecule has 1 aliphatic heterocycles. The second-order valence-electron chi connectivity index (χ2n) is 7.56. The molecule has 2 heterocycles. The lowest BCUT2D eigenvalue weighted by molar-refractivity contribution is -0.159. The molecule has 1 saturated heterocycles. The van der Waals surface area contributed by atoms with Gasteiger partial charge >= 0.3 is 0 Å². The van der Waals surface area contributed by atoms with Gasteiger partial charge in [-0.15, -0.1) is 0 Å². The maximum absolute atomic E-state index is 13.3. The Hall–Kier alpha value is -2.60. The van der Waals surface area contributed by atoms with Gasteiger partial charge in [-0.05, 0) is 43.4 Å². The highest BCUT2D eigenvalue weighted by Crippen LogP contribution is 2.40. The molecule has 2 aliphatic rings. The molecule has 1 atom stereocenters. The monoisotopic (exact) mass is 382 g/mol. The molecule has 1 spiro atoms. The minimum absolute atomic E-state index is 0.0521. The minimum atomic E-state index is -0.642. The summed E-state index contributed by atoms with van der Waals surface area (Å²) in [5.74, 6) is 0.436. The van der Waals surface area contributed by atoms with Crippen molar-refractivity contribution in [3.63, 3.8) is 0 Å². The van der Waals surface area contributed by atoms with Crippen LogP contribution in [0.5, 0.6) is 0 Å². The van der Waals surface area contributed by atoms with E-state index in [0.29, 0.717) is 12.3 Å². The number of nitrogens with one attached hydrogen (secondary N) is 1. The Morgan fingerprint density at radius 2 is 1.86 bits per heavy atom. The van der Waals surface area contributed by atoms with Crippen LogP contribution >= 0.6 is 0 Å². The number of furan rings is 1. The molecular formula is C22H26N2O4. The predicted octanol–water partition coefficient (Wildman–Crippen LogP) is 3.03. The lowest BCUT2D eigenvalue weighted by Crippen LogP contribution is -2.56. The Balaban J connectivity index is 1.52. The molecule has 2 aromatic rings. The van der Waals surface area contributed by atoms with Gasteiger partial charge in [-0.3, -0.25) is 14.5 Å². The van der Waals surface area contributed by atoms with E-state index in [-0.39, 0.29) is 24.8 Å². The van der Waals surface area contributed by atoms with E-state index in [4.69, 9.17) is 9.15 Å². The Bertz CT molecular complexity index is 797. The molecule has 2 fully saturated rings. The number of nitrogens with zero attached hydrogens (tertiary/aromatic N) is 1. The number of rotatable bonds is 5. The van der Waals surface area contributed by atoms with Gasteiger partial charge in [0.1, 0.15) is 17.5 Å². The van der Waals surface area contributed by atoms with Crippen LogP contribution in [0.15, 0.2) is 53.1 Å². The van der Waals surface area contributed by atoms with Gasteiger partial charge in [0.2, 0.25) is 11.8 Å². The summed E-state index contributed by atoms with van der Waals surface area (Å²) in [5, 5.41) is 2.89. The number of carbonyl (C=O) groups excluding carboxylic acids is 2. The van der Waals surface area contributed by atoms with Crippen LogP contribution in [0.1, 0.15) is 43.4 Å². The second-order valence-corrected chi connectivity index (χ2v) is 7.56. The van der Waals surface area contributed by atoms with Crippen LogP contribution in [-0.4, -0.2) is 35.1 Å². The number of carbonyl (C=O) groups is 2. The average molecular weight is 382 g/mol. The molecule has 1 aliphatic carbocycles. The van der Waals surface area contributed by atoms with Gasteiger partial charge in [0.05, 0.1) is 25.8 Å². The zero-order valence-corrected chi connectivity index (χ0v) is 15.9. The first-order valence-electron chi connectivity index (χ1n) is 9.98. The molecular weight excluding hydrogens is 356 g/mol. The van der Waals surface area contributed by atoms with Crippen molar-refractivity contribution in [1.82, 2.24) is 10.2 Å². The number of amides is 2.